The van der Waals surface area contributed by atoms with Crippen LogP contribution in [0.4, 0.5) is 11.5 Å². The highest BCUT2D eigenvalue weighted by molar-refractivity contribution is 5.56. The summed E-state index contributed by atoms with van der Waals surface area (Å²) in [7, 11) is 0. The zero-order valence-electron chi connectivity index (χ0n) is 13.3. The van der Waals surface area contributed by atoms with Crippen molar-refractivity contribution in [2.24, 2.45) is 0 Å². The van der Waals surface area contributed by atoms with E-state index in [9.17, 15) is 14.9 Å². The fourth-order valence-corrected chi connectivity index (χ4v) is 2.34. The van der Waals surface area contributed by atoms with Crippen LogP contribution in [-0.4, -0.2) is 21.0 Å². The van der Waals surface area contributed by atoms with E-state index in [2.05, 4.69) is 10.3 Å². The lowest BCUT2D eigenvalue weighted by atomic mass is 10.2. The lowest BCUT2D eigenvalue weighted by Crippen LogP contribution is -2.21. The predicted octanol–water partition coefficient (Wildman–Crippen LogP) is 2.66. The quantitative estimate of drug-likeness (QED) is 0.482. The molecule has 2 aromatic rings. The maximum atomic E-state index is 11.7. The van der Waals surface area contributed by atoms with Crippen molar-refractivity contribution < 1.29 is 4.92 Å². The van der Waals surface area contributed by atoms with E-state index in [4.69, 9.17) is 0 Å². The van der Waals surface area contributed by atoms with Gasteiger partial charge in [-0.1, -0.05) is 6.07 Å². The molecule has 7 nitrogen and oxygen atoms in total. The molecular formula is C16H20N4O3. The minimum Gasteiger partial charge on any atom is -0.364 e. The molecule has 122 valence electrons. The molecule has 0 saturated carbocycles. The summed E-state index contributed by atoms with van der Waals surface area (Å²) >= 11 is 0. The van der Waals surface area contributed by atoms with E-state index in [-0.39, 0.29) is 17.1 Å². The lowest BCUT2D eigenvalue weighted by molar-refractivity contribution is -0.384. The number of hydrogen-bond acceptors (Lipinski definition) is 5. The number of aromatic nitrogens is 2. The van der Waals surface area contributed by atoms with Gasteiger partial charge in [0, 0.05) is 37.1 Å². The molecule has 0 aliphatic carbocycles. The average Bonchev–Trinajstić information content (AvgIpc) is 2.50. The Balaban J connectivity index is 1.87. The molecule has 0 radical (unpaired) electrons. The van der Waals surface area contributed by atoms with Crippen LogP contribution >= 0.6 is 0 Å². The topological polar surface area (TPSA) is 90.1 Å². The molecule has 0 spiro atoms. The predicted molar refractivity (Wildman–Crippen MR) is 88.8 cm³/mol. The summed E-state index contributed by atoms with van der Waals surface area (Å²) in [5, 5.41) is 14.0. The van der Waals surface area contributed by atoms with Gasteiger partial charge in [0.05, 0.1) is 4.92 Å². The Morgan fingerprint density at radius 3 is 2.78 bits per heavy atom. The van der Waals surface area contributed by atoms with Gasteiger partial charge in [0.15, 0.2) is 0 Å². The van der Waals surface area contributed by atoms with Gasteiger partial charge in [0.2, 0.25) is 5.82 Å². The first-order valence-electron chi connectivity index (χ1n) is 7.50. The number of rotatable bonds is 7. The first-order valence-corrected chi connectivity index (χ1v) is 7.50. The number of aryl methyl sites for hydroxylation is 2. The van der Waals surface area contributed by atoms with Crippen LogP contribution in [0.5, 0.6) is 0 Å². The average molecular weight is 316 g/mol. The van der Waals surface area contributed by atoms with E-state index < -0.39 is 4.92 Å². The van der Waals surface area contributed by atoms with Crippen molar-refractivity contribution >= 4 is 11.5 Å². The maximum absolute atomic E-state index is 11.7. The lowest BCUT2D eigenvalue weighted by Gasteiger charge is -2.10. The van der Waals surface area contributed by atoms with Gasteiger partial charge in [-0.3, -0.25) is 14.9 Å². The second-order valence-corrected chi connectivity index (χ2v) is 5.43. The third-order valence-corrected chi connectivity index (χ3v) is 3.57. The van der Waals surface area contributed by atoms with Crippen LogP contribution in [0.3, 0.4) is 0 Å². The molecule has 0 aliphatic rings. The summed E-state index contributed by atoms with van der Waals surface area (Å²) in [6.45, 7) is 4.87. The zero-order valence-corrected chi connectivity index (χ0v) is 13.3. The van der Waals surface area contributed by atoms with Crippen molar-refractivity contribution in [2.75, 3.05) is 11.9 Å². The van der Waals surface area contributed by atoms with Crippen LogP contribution in [0.15, 0.2) is 35.3 Å². The normalized spacial score (nSPS) is 10.5. The summed E-state index contributed by atoms with van der Waals surface area (Å²) in [6.07, 6.45) is 3.19. The van der Waals surface area contributed by atoms with Gasteiger partial charge in [-0.25, -0.2) is 4.98 Å². The molecule has 0 amide bonds. The molecule has 0 fully saturated rings. The van der Waals surface area contributed by atoms with Crippen LogP contribution in [0.1, 0.15) is 24.1 Å². The van der Waals surface area contributed by atoms with Crippen molar-refractivity contribution in [2.45, 2.75) is 33.2 Å². The first kappa shape index (κ1) is 16.7. The molecule has 2 heterocycles. The van der Waals surface area contributed by atoms with E-state index in [1.807, 2.05) is 13.0 Å². The molecule has 1 N–H and O–H groups in total. The van der Waals surface area contributed by atoms with E-state index in [1.54, 1.807) is 29.8 Å². The molecule has 0 unspecified atom stereocenters. The van der Waals surface area contributed by atoms with Crippen molar-refractivity contribution in [3.8, 4) is 0 Å². The van der Waals surface area contributed by atoms with Gasteiger partial charge in [-0.2, -0.15) is 0 Å². The number of hydrogen-bond donors (Lipinski definition) is 1. The summed E-state index contributed by atoms with van der Waals surface area (Å²) < 4.78 is 1.73. The van der Waals surface area contributed by atoms with E-state index in [1.165, 1.54) is 6.07 Å². The maximum Gasteiger partial charge on any atom is 0.311 e. The molecule has 0 aliphatic heterocycles. The molecule has 23 heavy (non-hydrogen) atoms. The standard InChI is InChI=1S/C16H20N4O3/c1-12-10-14(20(22)23)16(18-11-12)17-8-3-4-9-19-13(2)6-5-7-15(19)21/h5-7,10-11H,3-4,8-9H2,1-2H3,(H,17,18). The van der Waals surface area contributed by atoms with Crippen LogP contribution in [-0.2, 0) is 6.54 Å². The van der Waals surface area contributed by atoms with Gasteiger partial charge in [-0.05, 0) is 38.3 Å². The third kappa shape index (κ3) is 4.38. The van der Waals surface area contributed by atoms with Gasteiger partial charge >= 0.3 is 5.69 Å². The monoisotopic (exact) mass is 316 g/mol. The summed E-state index contributed by atoms with van der Waals surface area (Å²) in [5.74, 6) is 0.286. The number of nitrogens with zero attached hydrogens (tertiary/aromatic N) is 3. The van der Waals surface area contributed by atoms with E-state index >= 15 is 0 Å². The second kappa shape index (κ2) is 7.53. The van der Waals surface area contributed by atoms with Crippen LogP contribution in [0, 0.1) is 24.0 Å². The van der Waals surface area contributed by atoms with Crippen LogP contribution in [0.25, 0.3) is 0 Å². The number of nitrogens with one attached hydrogen (secondary N) is 1. The molecule has 7 heteroatoms. The van der Waals surface area contributed by atoms with Crippen molar-refractivity contribution in [1.82, 2.24) is 9.55 Å². The molecule has 0 atom stereocenters. The van der Waals surface area contributed by atoms with E-state index in [0.717, 1.165) is 24.1 Å². The van der Waals surface area contributed by atoms with Crippen molar-refractivity contribution in [3.63, 3.8) is 0 Å². The van der Waals surface area contributed by atoms with Crippen molar-refractivity contribution in [3.05, 3.63) is 62.2 Å². The van der Waals surface area contributed by atoms with Gasteiger partial charge < -0.3 is 9.88 Å². The Labute approximate surface area is 134 Å². The fourth-order valence-electron chi connectivity index (χ4n) is 2.34. The molecule has 0 bridgehead atoms. The highest BCUT2D eigenvalue weighted by atomic mass is 16.6. The Kier molecular flexibility index (Phi) is 5.46. The molecular weight excluding hydrogens is 296 g/mol. The molecule has 2 rings (SSSR count). The number of anilines is 1. The van der Waals surface area contributed by atoms with E-state index in [0.29, 0.717) is 13.1 Å². The summed E-state index contributed by atoms with van der Waals surface area (Å²) in [4.78, 5) is 26.4. The van der Waals surface area contributed by atoms with Crippen LogP contribution < -0.4 is 10.9 Å². The van der Waals surface area contributed by atoms with Gasteiger partial charge in [0.25, 0.3) is 5.56 Å². The highest BCUT2D eigenvalue weighted by Crippen LogP contribution is 2.22. The Morgan fingerprint density at radius 2 is 2.09 bits per heavy atom. The molecule has 0 saturated heterocycles. The minimum atomic E-state index is -0.435. The SMILES string of the molecule is Cc1cnc(NCCCCn2c(C)cccc2=O)c([N+](=O)[O-])c1. The molecule has 0 aromatic carbocycles. The largest absolute Gasteiger partial charge is 0.364 e. The zero-order chi connectivity index (χ0) is 16.8. The smallest absolute Gasteiger partial charge is 0.311 e. The Hall–Kier alpha value is -2.70. The highest BCUT2D eigenvalue weighted by Gasteiger charge is 2.14. The summed E-state index contributed by atoms with van der Waals surface area (Å²) in [6, 6.07) is 6.70. The second-order valence-electron chi connectivity index (χ2n) is 5.43. The number of pyridine rings is 2. The van der Waals surface area contributed by atoms with Crippen LogP contribution in [0.2, 0.25) is 0 Å². The minimum absolute atomic E-state index is 0.00574. The Bertz CT molecular complexity index is 755. The first-order chi connectivity index (χ1) is 11.0. The Morgan fingerprint density at radius 1 is 1.30 bits per heavy atom. The fraction of sp³-hybridized carbons (Fsp3) is 0.375. The van der Waals surface area contributed by atoms with Gasteiger partial charge in [-0.15, -0.1) is 0 Å². The molecule has 2 aromatic heterocycles. The number of unbranched alkanes of at least 4 members (excludes halogenated alkanes) is 1. The summed E-state index contributed by atoms with van der Waals surface area (Å²) in [5.41, 5.74) is 1.66. The number of nitro groups is 1. The van der Waals surface area contributed by atoms with Crippen molar-refractivity contribution in [1.29, 1.82) is 0 Å². The van der Waals surface area contributed by atoms with Gasteiger partial charge in [0.1, 0.15) is 0 Å². The third-order valence-electron chi connectivity index (χ3n) is 3.57.